The molecular formula is C12H21NO4. The number of nitrogens with one attached hydrogen (secondary N) is 1. The van der Waals surface area contributed by atoms with Crippen LogP contribution in [0.1, 0.15) is 33.1 Å². The molecule has 0 aromatic heterocycles. The number of amides is 1. The molecule has 1 amide bonds. The Labute approximate surface area is 102 Å². The highest BCUT2D eigenvalue weighted by atomic mass is 16.5. The minimum atomic E-state index is -1.04. The molecule has 2 unspecified atom stereocenters. The average molecular weight is 243 g/mol. The zero-order chi connectivity index (χ0) is 13.3. The smallest absolute Gasteiger partial charge is 0.326 e. The summed E-state index contributed by atoms with van der Waals surface area (Å²) in [6, 6.07) is -0.874. The number of aliphatic carboxylic acids is 1. The number of hydrogen-bond acceptors (Lipinski definition) is 3. The molecule has 2 N–H and O–H groups in total. The molecule has 5 nitrogen and oxygen atoms in total. The van der Waals surface area contributed by atoms with Crippen LogP contribution in [0.3, 0.4) is 0 Å². The molecule has 0 aromatic carbocycles. The molecule has 17 heavy (non-hydrogen) atoms. The highest BCUT2D eigenvalue weighted by Crippen LogP contribution is 1.99. The second-order valence-corrected chi connectivity index (χ2v) is 3.85. The first kappa shape index (κ1) is 15.6. The van der Waals surface area contributed by atoms with Crippen molar-refractivity contribution in [1.82, 2.24) is 5.32 Å². The van der Waals surface area contributed by atoms with Crippen LogP contribution in [-0.2, 0) is 14.3 Å². The third kappa shape index (κ3) is 7.52. The zero-order valence-electron chi connectivity index (χ0n) is 10.4. The molecule has 0 saturated heterocycles. The van der Waals surface area contributed by atoms with Crippen molar-refractivity contribution in [3.8, 4) is 0 Å². The number of ether oxygens (including phenoxy) is 1. The van der Waals surface area contributed by atoms with Crippen molar-refractivity contribution >= 4 is 11.9 Å². The number of hydrogen-bond donors (Lipinski definition) is 2. The topological polar surface area (TPSA) is 75.6 Å². The maximum absolute atomic E-state index is 11.4. The Morgan fingerprint density at radius 3 is 2.65 bits per heavy atom. The molecule has 0 saturated carbocycles. The predicted molar refractivity (Wildman–Crippen MR) is 64.7 cm³/mol. The predicted octanol–water partition coefficient (Wildman–Crippen LogP) is 1.34. The van der Waals surface area contributed by atoms with Crippen molar-refractivity contribution in [2.75, 3.05) is 6.61 Å². The summed E-state index contributed by atoms with van der Waals surface area (Å²) < 4.78 is 5.21. The summed E-state index contributed by atoms with van der Waals surface area (Å²) in [4.78, 5) is 22.3. The van der Waals surface area contributed by atoms with Gasteiger partial charge in [0.1, 0.15) is 12.6 Å². The van der Waals surface area contributed by atoms with E-state index in [4.69, 9.17) is 9.84 Å². The van der Waals surface area contributed by atoms with Crippen LogP contribution in [0.25, 0.3) is 0 Å². The van der Waals surface area contributed by atoms with Crippen molar-refractivity contribution in [2.45, 2.75) is 45.3 Å². The van der Waals surface area contributed by atoms with Gasteiger partial charge >= 0.3 is 5.97 Å². The molecule has 0 fully saturated rings. The minimum Gasteiger partial charge on any atom is -0.480 e. The highest BCUT2D eigenvalue weighted by molar-refractivity contribution is 5.84. The summed E-state index contributed by atoms with van der Waals surface area (Å²) >= 11 is 0. The fourth-order valence-corrected chi connectivity index (χ4v) is 1.11. The largest absolute Gasteiger partial charge is 0.480 e. The van der Waals surface area contributed by atoms with Gasteiger partial charge in [0.2, 0.25) is 5.91 Å². The second-order valence-electron chi connectivity index (χ2n) is 3.85. The maximum Gasteiger partial charge on any atom is 0.326 e. The first-order chi connectivity index (χ1) is 8.01. The quantitative estimate of drug-likeness (QED) is 0.599. The van der Waals surface area contributed by atoms with Crippen LogP contribution >= 0.6 is 0 Å². The van der Waals surface area contributed by atoms with E-state index in [9.17, 15) is 9.59 Å². The van der Waals surface area contributed by atoms with Crippen molar-refractivity contribution in [2.24, 2.45) is 0 Å². The van der Waals surface area contributed by atoms with Gasteiger partial charge in [0.05, 0.1) is 6.10 Å². The van der Waals surface area contributed by atoms with Gasteiger partial charge in [-0.3, -0.25) is 4.79 Å². The lowest BCUT2D eigenvalue weighted by Crippen LogP contribution is -2.42. The van der Waals surface area contributed by atoms with E-state index in [2.05, 4.69) is 11.9 Å². The summed E-state index contributed by atoms with van der Waals surface area (Å²) in [7, 11) is 0. The summed E-state index contributed by atoms with van der Waals surface area (Å²) in [5.74, 6) is -1.44. The normalized spacial score (nSPS) is 13.8. The lowest BCUT2D eigenvalue weighted by molar-refractivity contribution is -0.143. The van der Waals surface area contributed by atoms with Crippen molar-refractivity contribution < 1.29 is 19.4 Å². The molecule has 5 heteroatoms. The van der Waals surface area contributed by atoms with Gasteiger partial charge in [-0.2, -0.15) is 0 Å². The maximum atomic E-state index is 11.4. The molecule has 0 aliphatic heterocycles. The Hall–Kier alpha value is -1.36. The van der Waals surface area contributed by atoms with Gasteiger partial charge in [0.25, 0.3) is 0 Å². The number of carboxylic acids is 1. The van der Waals surface area contributed by atoms with Crippen molar-refractivity contribution in [3.63, 3.8) is 0 Å². The van der Waals surface area contributed by atoms with Gasteiger partial charge in [-0.05, 0) is 26.2 Å². The minimum absolute atomic E-state index is 0.00259. The fraction of sp³-hybridized carbons (Fsp3) is 0.667. The lowest BCUT2D eigenvalue weighted by Gasteiger charge is -2.15. The van der Waals surface area contributed by atoms with Crippen LogP contribution in [0.2, 0.25) is 0 Å². The van der Waals surface area contributed by atoms with E-state index in [1.165, 1.54) is 0 Å². The fourth-order valence-electron chi connectivity index (χ4n) is 1.11. The standard InChI is InChI=1S/C12H21NO4/c1-4-6-7-10(12(15)16)13-11(14)8-17-9(3)5-2/h4,9-10H,1,5-8H2,2-3H3,(H,13,14)(H,15,16). The van der Waals surface area contributed by atoms with E-state index >= 15 is 0 Å². The number of allylic oxidation sites excluding steroid dienone is 1. The Kier molecular flexibility index (Phi) is 8.05. The van der Waals surface area contributed by atoms with Gasteiger partial charge in [0.15, 0.2) is 0 Å². The first-order valence-corrected chi connectivity index (χ1v) is 5.75. The first-order valence-electron chi connectivity index (χ1n) is 5.75. The average Bonchev–Trinajstić information content (AvgIpc) is 2.30. The Balaban J connectivity index is 4.03. The zero-order valence-corrected chi connectivity index (χ0v) is 10.4. The molecular weight excluding hydrogens is 222 g/mol. The van der Waals surface area contributed by atoms with Crippen LogP contribution in [0.4, 0.5) is 0 Å². The van der Waals surface area contributed by atoms with Crippen LogP contribution in [0.5, 0.6) is 0 Å². The molecule has 0 rings (SSSR count). The number of carboxylic acid groups (broad SMARTS) is 1. The van der Waals surface area contributed by atoms with E-state index in [0.717, 1.165) is 6.42 Å². The number of carbonyl (C=O) groups excluding carboxylic acids is 1. The summed E-state index contributed by atoms with van der Waals surface area (Å²) in [6.45, 7) is 7.22. The Morgan fingerprint density at radius 2 is 2.18 bits per heavy atom. The Morgan fingerprint density at radius 1 is 1.53 bits per heavy atom. The molecule has 0 radical (unpaired) electrons. The molecule has 98 valence electrons. The summed E-state index contributed by atoms with van der Waals surface area (Å²) in [6.07, 6.45) is 3.32. The van der Waals surface area contributed by atoms with Crippen LogP contribution in [-0.4, -0.2) is 35.7 Å². The van der Waals surface area contributed by atoms with Crippen molar-refractivity contribution in [1.29, 1.82) is 0 Å². The van der Waals surface area contributed by atoms with Gasteiger partial charge in [-0.1, -0.05) is 13.0 Å². The second kappa shape index (κ2) is 8.75. The van der Waals surface area contributed by atoms with Crippen LogP contribution in [0, 0.1) is 0 Å². The lowest BCUT2D eigenvalue weighted by atomic mass is 10.1. The number of carbonyl (C=O) groups is 2. The van der Waals surface area contributed by atoms with Gasteiger partial charge in [-0.15, -0.1) is 6.58 Å². The van der Waals surface area contributed by atoms with E-state index in [1.807, 2.05) is 13.8 Å². The summed E-state index contributed by atoms with van der Waals surface area (Å²) in [5.41, 5.74) is 0. The molecule has 0 bridgehead atoms. The monoisotopic (exact) mass is 243 g/mol. The third-order valence-electron chi connectivity index (χ3n) is 2.37. The third-order valence-corrected chi connectivity index (χ3v) is 2.37. The van der Waals surface area contributed by atoms with Crippen molar-refractivity contribution in [3.05, 3.63) is 12.7 Å². The Bertz CT molecular complexity index is 265. The van der Waals surface area contributed by atoms with Crippen LogP contribution < -0.4 is 5.32 Å². The molecule has 0 aromatic rings. The molecule has 0 aliphatic rings. The molecule has 0 aliphatic carbocycles. The van der Waals surface area contributed by atoms with E-state index in [1.54, 1.807) is 6.08 Å². The van der Waals surface area contributed by atoms with E-state index in [0.29, 0.717) is 12.8 Å². The molecule has 0 heterocycles. The van der Waals surface area contributed by atoms with Crippen LogP contribution in [0.15, 0.2) is 12.7 Å². The highest BCUT2D eigenvalue weighted by Gasteiger charge is 2.19. The van der Waals surface area contributed by atoms with Gasteiger partial charge in [0, 0.05) is 0 Å². The van der Waals surface area contributed by atoms with Gasteiger partial charge in [-0.25, -0.2) is 4.79 Å². The summed E-state index contributed by atoms with van der Waals surface area (Å²) in [5, 5.41) is 11.3. The van der Waals surface area contributed by atoms with E-state index in [-0.39, 0.29) is 12.7 Å². The molecule has 0 spiro atoms. The van der Waals surface area contributed by atoms with Gasteiger partial charge < -0.3 is 15.2 Å². The van der Waals surface area contributed by atoms with E-state index < -0.39 is 17.9 Å². The molecule has 2 atom stereocenters. The number of rotatable bonds is 9. The SMILES string of the molecule is C=CCCC(NC(=O)COC(C)CC)C(=O)O.